The van der Waals surface area contributed by atoms with E-state index in [1.165, 1.54) is 37.7 Å². The molecule has 0 heterocycles. The van der Waals surface area contributed by atoms with Crippen LogP contribution in [0.25, 0.3) is 0 Å². The molecule has 2 N–H and O–H groups in total. The van der Waals surface area contributed by atoms with Crippen molar-refractivity contribution in [3.63, 3.8) is 0 Å². The van der Waals surface area contributed by atoms with Crippen molar-refractivity contribution in [2.24, 2.45) is 5.92 Å². The number of hydrogen-bond acceptors (Lipinski definition) is 2. The van der Waals surface area contributed by atoms with Gasteiger partial charge in [0.25, 0.3) is 0 Å². The quantitative estimate of drug-likeness (QED) is 0.803. The predicted molar refractivity (Wildman–Crippen MR) is 72.3 cm³/mol. The highest BCUT2D eigenvalue weighted by atomic mass is 16.5. The van der Waals surface area contributed by atoms with Crippen molar-refractivity contribution in [3.8, 4) is 5.75 Å². The fourth-order valence-corrected chi connectivity index (χ4v) is 2.73. The number of nitrogen functional groups attached to an aromatic ring is 1. The van der Waals surface area contributed by atoms with E-state index in [9.17, 15) is 0 Å². The molecular formula is C15H23NO. The van der Waals surface area contributed by atoms with E-state index in [2.05, 4.69) is 19.9 Å². The van der Waals surface area contributed by atoms with E-state index in [1.807, 2.05) is 12.1 Å². The van der Waals surface area contributed by atoms with Gasteiger partial charge in [0, 0.05) is 0 Å². The Morgan fingerprint density at radius 2 is 2.06 bits per heavy atom. The van der Waals surface area contributed by atoms with Crippen LogP contribution in [-0.2, 0) is 0 Å². The molecule has 0 aliphatic heterocycles. The maximum atomic E-state index is 6.12. The lowest BCUT2D eigenvalue weighted by atomic mass is 9.85. The first-order valence-electron chi connectivity index (χ1n) is 6.73. The highest BCUT2D eigenvalue weighted by Crippen LogP contribution is 2.32. The van der Waals surface area contributed by atoms with E-state index in [0.29, 0.717) is 12.0 Å². The van der Waals surface area contributed by atoms with Crippen LogP contribution in [0.3, 0.4) is 0 Å². The van der Waals surface area contributed by atoms with Crippen molar-refractivity contribution in [2.45, 2.75) is 52.1 Å². The Balaban J connectivity index is 2.08. The number of aryl methyl sites for hydroxylation is 1. The summed E-state index contributed by atoms with van der Waals surface area (Å²) in [6, 6.07) is 6.06. The first-order valence-corrected chi connectivity index (χ1v) is 6.73. The molecule has 1 fully saturated rings. The van der Waals surface area contributed by atoms with E-state index in [-0.39, 0.29) is 0 Å². The largest absolute Gasteiger partial charge is 0.488 e. The molecule has 0 amide bonds. The van der Waals surface area contributed by atoms with Crippen LogP contribution in [0, 0.1) is 12.8 Å². The minimum atomic E-state index is 0.360. The van der Waals surface area contributed by atoms with Gasteiger partial charge in [0.2, 0.25) is 0 Å². The highest BCUT2D eigenvalue weighted by Gasteiger charge is 2.25. The predicted octanol–water partition coefficient (Wildman–Crippen LogP) is 3.92. The van der Waals surface area contributed by atoms with Crippen molar-refractivity contribution >= 4 is 5.69 Å². The average molecular weight is 233 g/mol. The van der Waals surface area contributed by atoms with Crippen LogP contribution < -0.4 is 10.5 Å². The third-order valence-corrected chi connectivity index (χ3v) is 3.81. The van der Waals surface area contributed by atoms with Crippen molar-refractivity contribution in [3.05, 3.63) is 23.8 Å². The fraction of sp³-hybridized carbons (Fsp3) is 0.600. The summed E-state index contributed by atoms with van der Waals surface area (Å²) in [5.74, 6) is 1.56. The van der Waals surface area contributed by atoms with Crippen LogP contribution in [0.5, 0.6) is 5.75 Å². The molecule has 2 unspecified atom stereocenters. The SMILES string of the molecule is CCC1CCCCC1Oc1ccc(C)cc1N. The van der Waals surface area contributed by atoms with Crippen LogP contribution in [0.15, 0.2) is 18.2 Å². The van der Waals surface area contributed by atoms with E-state index in [0.717, 1.165) is 11.4 Å². The Labute approximate surface area is 104 Å². The number of ether oxygens (including phenoxy) is 1. The lowest BCUT2D eigenvalue weighted by molar-refractivity contribution is 0.0911. The summed E-state index contributed by atoms with van der Waals surface area (Å²) in [7, 11) is 0. The molecule has 0 saturated heterocycles. The molecule has 1 aromatic carbocycles. The monoisotopic (exact) mass is 233 g/mol. The summed E-state index contributed by atoms with van der Waals surface area (Å²) < 4.78 is 6.12. The zero-order valence-corrected chi connectivity index (χ0v) is 10.9. The van der Waals surface area contributed by atoms with Crippen molar-refractivity contribution in [1.82, 2.24) is 0 Å². The van der Waals surface area contributed by atoms with Crippen molar-refractivity contribution in [2.75, 3.05) is 5.73 Å². The first kappa shape index (κ1) is 12.3. The third-order valence-electron chi connectivity index (χ3n) is 3.81. The molecule has 1 aliphatic rings. The molecule has 94 valence electrons. The Morgan fingerprint density at radius 1 is 1.29 bits per heavy atom. The van der Waals surface area contributed by atoms with Gasteiger partial charge in [0.15, 0.2) is 0 Å². The van der Waals surface area contributed by atoms with Crippen LogP contribution in [-0.4, -0.2) is 6.10 Å². The minimum absolute atomic E-state index is 0.360. The van der Waals surface area contributed by atoms with E-state index in [1.54, 1.807) is 0 Å². The van der Waals surface area contributed by atoms with E-state index < -0.39 is 0 Å². The van der Waals surface area contributed by atoms with Gasteiger partial charge >= 0.3 is 0 Å². The molecular weight excluding hydrogens is 210 g/mol. The molecule has 1 aliphatic carbocycles. The van der Waals surface area contributed by atoms with Gasteiger partial charge in [-0.3, -0.25) is 0 Å². The summed E-state index contributed by atoms with van der Waals surface area (Å²) in [5.41, 5.74) is 7.96. The van der Waals surface area contributed by atoms with E-state index >= 15 is 0 Å². The summed E-state index contributed by atoms with van der Waals surface area (Å²) in [4.78, 5) is 0. The molecule has 0 aromatic heterocycles. The zero-order chi connectivity index (χ0) is 12.3. The molecule has 1 saturated carbocycles. The topological polar surface area (TPSA) is 35.2 Å². The van der Waals surface area contributed by atoms with Crippen LogP contribution in [0.4, 0.5) is 5.69 Å². The van der Waals surface area contributed by atoms with Gasteiger partial charge in [-0.15, -0.1) is 0 Å². The number of benzene rings is 1. The molecule has 1 aromatic rings. The maximum Gasteiger partial charge on any atom is 0.142 e. The zero-order valence-electron chi connectivity index (χ0n) is 10.9. The molecule has 0 radical (unpaired) electrons. The van der Waals surface area contributed by atoms with Gasteiger partial charge in [-0.25, -0.2) is 0 Å². The summed E-state index contributed by atoms with van der Waals surface area (Å²) in [6.45, 7) is 4.31. The van der Waals surface area contributed by atoms with Gasteiger partial charge in [-0.2, -0.15) is 0 Å². The normalized spacial score (nSPS) is 24.6. The van der Waals surface area contributed by atoms with Crippen molar-refractivity contribution in [1.29, 1.82) is 0 Å². The number of anilines is 1. The lowest BCUT2D eigenvalue weighted by Gasteiger charge is -2.31. The summed E-state index contributed by atoms with van der Waals surface area (Å²) in [6.07, 6.45) is 6.67. The Hall–Kier alpha value is -1.18. The lowest BCUT2D eigenvalue weighted by Crippen LogP contribution is -2.30. The van der Waals surface area contributed by atoms with Crippen LogP contribution >= 0.6 is 0 Å². The molecule has 2 heteroatoms. The summed E-state index contributed by atoms with van der Waals surface area (Å²) in [5, 5.41) is 0. The first-order chi connectivity index (χ1) is 8.20. The molecule has 0 bridgehead atoms. The second kappa shape index (κ2) is 5.44. The Kier molecular flexibility index (Phi) is 3.93. The maximum absolute atomic E-state index is 6.12. The second-order valence-electron chi connectivity index (χ2n) is 5.15. The molecule has 2 nitrogen and oxygen atoms in total. The number of rotatable bonds is 3. The van der Waals surface area contributed by atoms with Crippen molar-refractivity contribution < 1.29 is 4.74 Å². The van der Waals surface area contributed by atoms with Gasteiger partial charge < -0.3 is 10.5 Å². The van der Waals surface area contributed by atoms with Crippen LogP contribution in [0.2, 0.25) is 0 Å². The van der Waals surface area contributed by atoms with E-state index in [4.69, 9.17) is 10.5 Å². The van der Waals surface area contributed by atoms with Crippen LogP contribution in [0.1, 0.15) is 44.6 Å². The average Bonchev–Trinajstić information content (AvgIpc) is 2.33. The Morgan fingerprint density at radius 3 is 2.76 bits per heavy atom. The summed E-state index contributed by atoms with van der Waals surface area (Å²) >= 11 is 0. The third kappa shape index (κ3) is 2.93. The van der Waals surface area contributed by atoms with Gasteiger partial charge in [0.05, 0.1) is 5.69 Å². The highest BCUT2D eigenvalue weighted by molar-refractivity contribution is 5.54. The van der Waals surface area contributed by atoms with Gasteiger partial charge in [0.1, 0.15) is 11.9 Å². The second-order valence-corrected chi connectivity index (χ2v) is 5.15. The Bertz CT molecular complexity index is 375. The minimum Gasteiger partial charge on any atom is -0.488 e. The molecule has 17 heavy (non-hydrogen) atoms. The number of nitrogens with two attached hydrogens (primary N) is 1. The van der Waals surface area contributed by atoms with Gasteiger partial charge in [-0.05, 0) is 56.2 Å². The molecule has 2 rings (SSSR count). The standard InChI is InChI=1S/C15H23NO/c1-3-12-6-4-5-7-14(12)17-15-9-8-11(2)10-13(15)16/h8-10,12,14H,3-7,16H2,1-2H3. The molecule has 2 atom stereocenters. The number of hydrogen-bond donors (Lipinski definition) is 1. The smallest absolute Gasteiger partial charge is 0.142 e. The molecule has 0 spiro atoms. The van der Waals surface area contributed by atoms with Gasteiger partial charge in [-0.1, -0.05) is 19.4 Å². The fourth-order valence-electron chi connectivity index (χ4n) is 2.73.